The standard InChI is InChI=1S/C16H27NO2/c1-6-9-19-15-10-11(2)16(13(4)12(15)3)14(17-5)7-8-18/h10,14,17-18H,6-9H2,1-5H3. The Morgan fingerprint density at radius 1 is 1.26 bits per heavy atom. The third kappa shape index (κ3) is 3.71. The van der Waals surface area contributed by atoms with Gasteiger partial charge in [0.2, 0.25) is 0 Å². The number of benzene rings is 1. The number of nitrogens with one attached hydrogen (secondary N) is 1. The molecule has 2 N–H and O–H groups in total. The first-order chi connectivity index (χ1) is 9.06. The largest absolute Gasteiger partial charge is 0.493 e. The van der Waals surface area contributed by atoms with E-state index in [1.54, 1.807) is 0 Å². The van der Waals surface area contributed by atoms with E-state index in [0.717, 1.165) is 25.2 Å². The Hall–Kier alpha value is -1.06. The number of aliphatic hydroxyl groups is 1. The van der Waals surface area contributed by atoms with Crippen LogP contribution in [0.25, 0.3) is 0 Å². The molecule has 0 saturated carbocycles. The molecule has 0 aromatic heterocycles. The van der Waals surface area contributed by atoms with Gasteiger partial charge in [-0.25, -0.2) is 0 Å². The molecule has 1 aromatic rings. The normalized spacial score (nSPS) is 12.5. The smallest absolute Gasteiger partial charge is 0.122 e. The maximum Gasteiger partial charge on any atom is 0.122 e. The van der Waals surface area contributed by atoms with Gasteiger partial charge < -0.3 is 15.2 Å². The minimum atomic E-state index is 0.192. The molecule has 0 radical (unpaired) electrons. The summed E-state index contributed by atoms with van der Waals surface area (Å²) < 4.78 is 5.81. The Balaban J connectivity index is 3.16. The molecule has 0 fully saturated rings. The molecule has 3 heteroatoms. The molecule has 1 unspecified atom stereocenters. The second-order valence-corrected chi connectivity index (χ2v) is 5.06. The van der Waals surface area contributed by atoms with Gasteiger partial charge in [-0.1, -0.05) is 6.92 Å². The van der Waals surface area contributed by atoms with Crippen LogP contribution in [-0.4, -0.2) is 25.4 Å². The maximum absolute atomic E-state index is 9.19. The van der Waals surface area contributed by atoms with E-state index >= 15 is 0 Å². The second-order valence-electron chi connectivity index (χ2n) is 5.06. The van der Waals surface area contributed by atoms with E-state index in [4.69, 9.17) is 4.74 Å². The van der Waals surface area contributed by atoms with Crippen molar-refractivity contribution in [2.75, 3.05) is 20.3 Å². The predicted molar refractivity (Wildman–Crippen MR) is 79.9 cm³/mol. The third-order valence-corrected chi connectivity index (χ3v) is 3.68. The van der Waals surface area contributed by atoms with Gasteiger partial charge in [-0.15, -0.1) is 0 Å². The zero-order valence-corrected chi connectivity index (χ0v) is 12.8. The average molecular weight is 265 g/mol. The molecule has 0 saturated heterocycles. The van der Waals surface area contributed by atoms with E-state index in [2.05, 4.69) is 39.1 Å². The molecule has 0 aliphatic rings. The fourth-order valence-electron chi connectivity index (χ4n) is 2.53. The molecule has 0 heterocycles. The zero-order valence-electron chi connectivity index (χ0n) is 12.8. The summed E-state index contributed by atoms with van der Waals surface area (Å²) in [7, 11) is 1.94. The SMILES string of the molecule is CCCOc1cc(C)c(C(CCO)NC)c(C)c1C. The number of hydrogen-bond donors (Lipinski definition) is 2. The van der Waals surface area contributed by atoms with Crippen LogP contribution in [0.15, 0.2) is 6.07 Å². The average Bonchev–Trinajstić information content (AvgIpc) is 2.40. The van der Waals surface area contributed by atoms with E-state index in [1.165, 1.54) is 22.3 Å². The maximum atomic E-state index is 9.19. The molecule has 3 nitrogen and oxygen atoms in total. The molecule has 0 aliphatic carbocycles. The third-order valence-electron chi connectivity index (χ3n) is 3.68. The second kappa shape index (κ2) is 7.51. The number of aliphatic hydroxyl groups excluding tert-OH is 1. The van der Waals surface area contributed by atoms with Crippen LogP contribution in [0.2, 0.25) is 0 Å². The summed E-state index contributed by atoms with van der Waals surface area (Å²) in [5.74, 6) is 0.986. The van der Waals surface area contributed by atoms with Gasteiger partial charge in [-0.3, -0.25) is 0 Å². The molecule has 1 aromatic carbocycles. The first-order valence-electron chi connectivity index (χ1n) is 7.08. The minimum Gasteiger partial charge on any atom is -0.493 e. The molecule has 0 aliphatic heterocycles. The van der Waals surface area contributed by atoms with Gasteiger partial charge in [0.25, 0.3) is 0 Å². The molecule has 0 amide bonds. The van der Waals surface area contributed by atoms with Crippen molar-refractivity contribution in [1.29, 1.82) is 0 Å². The zero-order chi connectivity index (χ0) is 14.4. The van der Waals surface area contributed by atoms with Crippen molar-refractivity contribution in [3.05, 3.63) is 28.3 Å². The van der Waals surface area contributed by atoms with E-state index in [0.29, 0.717) is 0 Å². The van der Waals surface area contributed by atoms with Crippen molar-refractivity contribution in [3.63, 3.8) is 0 Å². The van der Waals surface area contributed by atoms with Crippen LogP contribution in [0.1, 0.15) is 48.1 Å². The van der Waals surface area contributed by atoms with Gasteiger partial charge in [0.15, 0.2) is 0 Å². The van der Waals surface area contributed by atoms with Crippen molar-refractivity contribution in [1.82, 2.24) is 5.32 Å². The summed E-state index contributed by atoms with van der Waals surface area (Å²) in [4.78, 5) is 0. The summed E-state index contributed by atoms with van der Waals surface area (Å²) in [6.45, 7) is 9.42. The lowest BCUT2D eigenvalue weighted by atomic mass is 9.91. The quantitative estimate of drug-likeness (QED) is 0.796. The first-order valence-corrected chi connectivity index (χ1v) is 7.08. The van der Waals surface area contributed by atoms with Crippen molar-refractivity contribution < 1.29 is 9.84 Å². The van der Waals surface area contributed by atoms with Crippen molar-refractivity contribution in [3.8, 4) is 5.75 Å². The van der Waals surface area contributed by atoms with Crippen molar-refractivity contribution >= 4 is 0 Å². The molecular weight excluding hydrogens is 238 g/mol. The fourth-order valence-corrected chi connectivity index (χ4v) is 2.53. The van der Waals surface area contributed by atoms with Gasteiger partial charge in [0, 0.05) is 12.6 Å². The van der Waals surface area contributed by atoms with Crippen molar-refractivity contribution in [2.24, 2.45) is 0 Å². The van der Waals surface area contributed by atoms with E-state index in [-0.39, 0.29) is 12.6 Å². The Bertz CT molecular complexity index is 416. The monoisotopic (exact) mass is 265 g/mol. The fraction of sp³-hybridized carbons (Fsp3) is 0.625. The highest BCUT2D eigenvalue weighted by Gasteiger charge is 2.17. The summed E-state index contributed by atoms with van der Waals surface area (Å²) in [6.07, 6.45) is 1.75. The van der Waals surface area contributed by atoms with Crippen molar-refractivity contribution in [2.45, 2.75) is 46.6 Å². The van der Waals surface area contributed by atoms with Crippen LogP contribution < -0.4 is 10.1 Å². The van der Waals surface area contributed by atoms with Crippen LogP contribution in [0.5, 0.6) is 5.75 Å². The Morgan fingerprint density at radius 3 is 2.47 bits per heavy atom. The highest BCUT2D eigenvalue weighted by Crippen LogP contribution is 2.32. The van der Waals surface area contributed by atoms with Crippen LogP contribution in [0.4, 0.5) is 0 Å². The number of hydrogen-bond acceptors (Lipinski definition) is 3. The Kier molecular flexibility index (Phi) is 6.32. The number of aryl methyl sites for hydroxylation is 1. The summed E-state index contributed by atoms with van der Waals surface area (Å²) in [6, 6.07) is 2.32. The Labute approximate surface area is 117 Å². The molecule has 0 bridgehead atoms. The van der Waals surface area contributed by atoms with E-state index in [1.807, 2.05) is 7.05 Å². The predicted octanol–water partition coefficient (Wildman–Crippen LogP) is 3.04. The highest BCUT2D eigenvalue weighted by atomic mass is 16.5. The number of ether oxygens (including phenoxy) is 1. The molecule has 1 rings (SSSR count). The highest BCUT2D eigenvalue weighted by molar-refractivity contribution is 5.49. The first kappa shape index (κ1) is 16.0. The lowest BCUT2D eigenvalue weighted by molar-refractivity contribution is 0.268. The lowest BCUT2D eigenvalue weighted by Gasteiger charge is -2.23. The lowest BCUT2D eigenvalue weighted by Crippen LogP contribution is -2.20. The van der Waals surface area contributed by atoms with E-state index in [9.17, 15) is 5.11 Å². The molecule has 0 spiro atoms. The molecule has 108 valence electrons. The van der Waals surface area contributed by atoms with Gasteiger partial charge >= 0.3 is 0 Å². The van der Waals surface area contributed by atoms with Crippen LogP contribution in [0, 0.1) is 20.8 Å². The number of rotatable bonds is 7. The van der Waals surface area contributed by atoms with Crippen LogP contribution >= 0.6 is 0 Å². The molecular formula is C16H27NO2. The van der Waals surface area contributed by atoms with Gasteiger partial charge in [0.1, 0.15) is 5.75 Å². The van der Waals surface area contributed by atoms with Gasteiger partial charge in [-0.05, 0) is 69.0 Å². The van der Waals surface area contributed by atoms with Crippen LogP contribution in [0.3, 0.4) is 0 Å². The summed E-state index contributed by atoms with van der Waals surface area (Å²) >= 11 is 0. The molecule has 19 heavy (non-hydrogen) atoms. The molecule has 1 atom stereocenters. The Morgan fingerprint density at radius 2 is 1.95 bits per heavy atom. The van der Waals surface area contributed by atoms with Gasteiger partial charge in [0.05, 0.1) is 6.61 Å². The van der Waals surface area contributed by atoms with E-state index < -0.39 is 0 Å². The van der Waals surface area contributed by atoms with Crippen LogP contribution in [-0.2, 0) is 0 Å². The minimum absolute atomic E-state index is 0.192. The van der Waals surface area contributed by atoms with Gasteiger partial charge in [-0.2, -0.15) is 0 Å². The topological polar surface area (TPSA) is 41.5 Å². The summed E-state index contributed by atoms with van der Waals surface area (Å²) in [5.41, 5.74) is 4.98. The summed E-state index contributed by atoms with van der Waals surface area (Å²) in [5, 5.41) is 12.5.